The lowest BCUT2D eigenvalue weighted by molar-refractivity contribution is -0.0932. The van der Waals surface area contributed by atoms with Crippen molar-refractivity contribution in [1.82, 2.24) is 19.6 Å². The van der Waals surface area contributed by atoms with Crippen LogP contribution in [-0.2, 0) is 39.2 Å². The van der Waals surface area contributed by atoms with Crippen molar-refractivity contribution in [2.75, 3.05) is 44.8 Å². The van der Waals surface area contributed by atoms with Crippen molar-refractivity contribution in [3.05, 3.63) is 94.0 Å². The number of rotatable bonds is 3. The van der Waals surface area contributed by atoms with Gasteiger partial charge in [-0.25, -0.2) is 14.2 Å². The first kappa shape index (κ1) is 36.5. The van der Waals surface area contributed by atoms with Crippen LogP contribution >= 0.6 is 11.6 Å². The minimum Gasteiger partial charge on any atom is -0.490 e. The molecule has 1 spiro atoms. The number of aryl methyl sites for hydroxylation is 1. The first-order chi connectivity index (χ1) is 25.5. The van der Waals surface area contributed by atoms with Crippen LogP contribution in [-0.4, -0.2) is 81.6 Å². The molecule has 3 aromatic rings. The predicted molar refractivity (Wildman–Crippen MR) is 212 cm³/mol. The highest BCUT2D eigenvalue weighted by atomic mass is 35.5. The lowest BCUT2D eigenvalue weighted by Crippen LogP contribution is -2.57. The van der Waals surface area contributed by atoms with E-state index in [1.807, 2.05) is 38.4 Å². The Morgan fingerprint density at radius 3 is 2.83 bits per heavy atom. The molecule has 53 heavy (non-hydrogen) atoms. The molecular weight excluding hydrogens is 706 g/mol. The fourth-order valence-corrected chi connectivity index (χ4v) is 11.4. The Balaban J connectivity index is 1.20. The molecule has 9 nitrogen and oxygen atoms in total. The number of carbonyl (C=O) groups excluding carboxylic acids is 1. The zero-order valence-corrected chi connectivity index (χ0v) is 32.8. The van der Waals surface area contributed by atoms with E-state index in [1.165, 1.54) is 16.7 Å². The number of halogens is 1. The number of amides is 1. The quantitative estimate of drug-likeness (QED) is 0.242. The Morgan fingerprint density at radius 1 is 1.15 bits per heavy atom. The summed E-state index contributed by atoms with van der Waals surface area (Å²) in [5, 5.41) is 0.410. The van der Waals surface area contributed by atoms with Gasteiger partial charge in [-0.3, -0.25) is 14.4 Å². The monoisotopic (exact) mass is 757 g/mol. The van der Waals surface area contributed by atoms with Gasteiger partial charge >= 0.3 is 0 Å². The molecule has 2 aliphatic carbocycles. The molecule has 8 rings (SSSR count). The molecule has 0 saturated heterocycles. The third kappa shape index (κ3) is 6.90. The van der Waals surface area contributed by atoms with E-state index < -0.39 is 15.3 Å². The summed E-state index contributed by atoms with van der Waals surface area (Å²) in [4.78, 5) is 27.7. The number of nitrogens with one attached hydrogen (secondary N) is 1. The third-order valence-corrected chi connectivity index (χ3v) is 15.6. The van der Waals surface area contributed by atoms with Gasteiger partial charge in [0.05, 0.1) is 22.0 Å². The number of carbonyl (C=O) groups is 1. The molecule has 1 unspecified atom stereocenters. The van der Waals surface area contributed by atoms with Gasteiger partial charge in [0.1, 0.15) is 17.7 Å². The highest BCUT2D eigenvalue weighted by molar-refractivity contribution is 7.99. The molecule has 7 atom stereocenters. The van der Waals surface area contributed by atoms with Crippen LogP contribution in [0.1, 0.15) is 78.7 Å². The number of ether oxygens (including phenoxy) is 2. The maximum Gasteiger partial charge on any atom is 0.262 e. The Labute approximate surface area is 319 Å². The van der Waals surface area contributed by atoms with Gasteiger partial charge in [0.15, 0.2) is 0 Å². The summed E-state index contributed by atoms with van der Waals surface area (Å²) < 4.78 is 30.4. The fourth-order valence-electron chi connectivity index (χ4n) is 9.71. The molecular formula is C42H52ClN5O4S. The van der Waals surface area contributed by atoms with Crippen molar-refractivity contribution < 1.29 is 18.5 Å². The van der Waals surface area contributed by atoms with E-state index in [9.17, 15) is 9.00 Å². The summed E-state index contributed by atoms with van der Waals surface area (Å²) in [6, 6.07) is 12.0. The Morgan fingerprint density at radius 2 is 2.02 bits per heavy atom. The number of benzene rings is 2. The molecule has 1 aromatic heterocycles. The van der Waals surface area contributed by atoms with E-state index in [-0.39, 0.29) is 28.4 Å². The second-order valence-corrected chi connectivity index (χ2v) is 19.2. The topological polar surface area (TPSA) is 96.9 Å². The zero-order chi connectivity index (χ0) is 37.0. The van der Waals surface area contributed by atoms with Crippen molar-refractivity contribution in [2.45, 2.75) is 81.6 Å². The molecule has 2 aromatic carbocycles. The van der Waals surface area contributed by atoms with Gasteiger partial charge in [-0.15, -0.1) is 0 Å². The summed E-state index contributed by atoms with van der Waals surface area (Å²) in [7, 11) is -1.11. The minimum atomic E-state index is -2.97. The largest absolute Gasteiger partial charge is 0.490 e. The first-order valence-corrected chi connectivity index (χ1v) is 21.4. The zero-order valence-electron chi connectivity index (χ0n) is 31.2. The van der Waals surface area contributed by atoms with Crippen LogP contribution < -0.4 is 14.4 Å². The SMILES string of the molecule is C=S1(=O)NC(=O)c2ccc3c(c2)N(C[C@@H]2CC[C@H]2[C@@](CN2CCc4ncncc4C2)(OC)/C=C/C[C@H](C)[C@H]1C)C[C@@]1(CCCc2cc(Cl)ccc21)CO3. The molecule has 1 fully saturated rings. The standard InChI is InChI=1S/C42H52ClN5O4S/c1-28-7-5-17-42(51-3,25-47-18-15-37-33(22-47)21-44-27-45-37)36-12-9-32(36)23-48-24-41(16-6-8-30-19-34(43)11-13-35(30)41)26-52-39-14-10-31(20-38(39)48)40(49)46-53(4,50)29(28)2/h5,10-11,13-14,17,19-21,27-29,32,36H,4,6-9,12,15-16,18,22-26H2,1-3H3,(H,46,49,50)/b17-5+/t28-,29+,32-,36+,41-,42+,53?/m0/s1. The molecule has 1 amide bonds. The van der Waals surface area contributed by atoms with Crippen LogP contribution in [0.5, 0.6) is 5.75 Å². The highest BCUT2D eigenvalue weighted by Crippen LogP contribution is 2.49. The third-order valence-electron chi connectivity index (χ3n) is 13.2. The van der Waals surface area contributed by atoms with E-state index in [0.717, 1.165) is 93.4 Å². The molecule has 3 aliphatic heterocycles. The minimum absolute atomic E-state index is 0.00981. The lowest BCUT2D eigenvalue weighted by atomic mass is 9.63. The van der Waals surface area contributed by atoms with Crippen LogP contribution in [0.15, 0.2) is 61.1 Å². The van der Waals surface area contributed by atoms with Gasteiger partial charge in [0.2, 0.25) is 0 Å². The number of anilines is 1. The summed E-state index contributed by atoms with van der Waals surface area (Å²) >= 11 is 6.52. The molecule has 11 heteroatoms. The summed E-state index contributed by atoms with van der Waals surface area (Å²) in [6.07, 6.45) is 14.9. The summed E-state index contributed by atoms with van der Waals surface area (Å²) in [5.41, 5.74) is 5.49. The van der Waals surface area contributed by atoms with E-state index in [0.29, 0.717) is 24.5 Å². The van der Waals surface area contributed by atoms with Gasteiger partial charge in [-0.1, -0.05) is 36.7 Å². The van der Waals surface area contributed by atoms with Gasteiger partial charge in [0, 0.05) is 85.0 Å². The van der Waals surface area contributed by atoms with Crippen LogP contribution in [0.4, 0.5) is 5.69 Å². The van der Waals surface area contributed by atoms with Crippen LogP contribution in [0, 0.1) is 17.8 Å². The highest BCUT2D eigenvalue weighted by Gasteiger charge is 2.50. The van der Waals surface area contributed by atoms with Gasteiger partial charge in [0.25, 0.3) is 5.91 Å². The Bertz CT molecular complexity index is 2020. The number of methoxy groups -OCH3 is 1. The first-order valence-electron chi connectivity index (χ1n) is 19.2. The lowest BCUT2D eigenvalue weighted by Gasteiger charge is -2.52. The molecule has 1 saturated carbocycles. The second-order valence-electron chi connectivity index (χ2n) is 16.3. The van der Waals surface area contributed by atoms with Gasteiger partial charge in [-0.05, 0) is 111 Å². The Hall–Kier alpha value is -3.44. The van der Waals surface area contributed by atoms with E-state index >= 15 is 0 Å². The predicted octanol–water partition coefficient (Wildman–Crippen LogP) is 6.42. The number of hydrogen-bond acceptors (Lipinski definition) is 8. The number of hydrogen-bond donors (Lipinski definition) is 1. The molecule has 1 N–H and O–H groups in total. The second kappa shape index (κ2) is 14.3. The normalized spacial score (nSPS) is 33.7. The molecule has 5 aliphatic rings. The van der Waals surface area contributed by atoms with E-state index in [1.54, 1.807) is 12.4 Å². The van der Waals surface area contributed by atoms with Crippen molar-refractivity contribution in [3.63, 3.8) is 0 Å². The average Bonchev–Trinajstić information content (AvgIpc) is 3.28. The number of aromatic nitrogens is 2. The average molecular weight is 758 g/mol. The van der Waals surface area contributed by atoms with Crippen LogP contribution in [0.25, 0.3) is 0 Å². The number of fused-ring (bicyclic) bond motifs is 5. The van der Waals surface area contributed by atoms with Crippen molar-refractivity contribution >= 4 is 38.8 Å². The van der Waals surface area contributed by atoms with Crippen LogP contribution in [0.2, 0.25) is 5.02 Å². The fraction of sp³-hybridized carbons (Fsp3) is 0.524. The summed E-state index contributed by atoms with van der Waals surface area (Å²) in [5.74, 6) is 5.08. The van der Waals surface area contributed by atoms with Crippen molar-refractivity contribution in [3.8, 4) is 5.75 Å². The molecule has 282 valence electrons. The molecule has 4 heterocycles. The smallest absolute Gasteiger partial charge is 0.262 e. The Kier molecular flexibility index (Phi) is 9.88. The number of nitrogens with zero attached hydrogens (tertiary/aromatic N) is 4. The van der Waals surface area contributed by atoms with Gasteiger partial charge < -0.3 is 14.4 Å². The molecule has 0 radical (unpaired) electrons. The maximum atomic E-state index is 14.1. The van der Waals surface area contributed by atoms with Gasteiger partial charge in [-0.2, -0.15) is 0 Å². The van der Waals surface area contributed by atoms with Crippen molar-refractivity contribution in [2.24, 2.45) is 17.8 Å². The number of allylic oxidation sites excluding steroid dienone is 1. The van der Waals surface area contributed by atoms with E-state index in [2.05, 4.69) is 61.6 Å². The van der Waals surface area contributed by atoms with E-state index in [4.69, 9.17) is 21.1 Å². The van der Waals surface area contributed by atoms with Crippen LogP contribution in [0.3, 0.4) is 0 Å². The maximum absolute atomic E-state index is 14.1. The molecule has 2 bridgehead atoms. The van der Waals surface area contributed by atoms with Crippen molar-refractivity contribution in [1.29, 1.82) is 0 Å². The summed E-state index contributed by atoms with van der Waals surface area (Å²) in [6.45, 7) is 8.55.